The van der Waals surface area contributed by atoms with Gasteiger partial charge in [0.15, 0.2) is 6.29 Å². The molecule has 0 spiro atoms. The molecule has 13 heavy (non-hydrogen) atoms. The number of rotatable bonds is 2. The first-order chi connectivity index (χ1) is 6.36. The molecular formula is C10H9NO2. The van der Waals surface area contributed by atoms with Crippen molar-refractivity contribution in [2.75, 3.05) is 7.11 Å². The molecule has 2 rings (SSSR count). The van der Waals surface area contributed by atoms with Crippen LogP contribution in [-0.4, -0.2) is 18.4 Å². The van der Waals surface area contributed by atoms with Gasteiger partial charge in [-0.05, 0) is 18.2 Å². The van der Waals surface area contributed by atoms with Gasteiger partial charge in [0.05, 0.1) is 12.7 Å². The summed E-state index contributed by atoms with van der Waals surface area (Å²) in [5, 5.41) is 0.898. The Bertz CT molecular complexity index is 445. The Balaban J connectivity index is 2.81. The van der Waals surface area contributed by atoms with Crippen LogP contribution in [-0.2, 0) is 0 Å². The van der Waals surface area contributed by atoms with E-state index in [1.54, 1.807) is 19.4 Å². The number of benzene rings is 1. The van der Waals surface area contributed by atoms with E-state index in [1.165, 1.54) is 0 Å². The summed E-state index contributed by atoms with van der Waals surface area (Å²) in [5.41, 5.74) is 1.55. The van der Waals surface area contributed by atoms with Crippen LogP contribution in [0.25, 0.3) is 10.9 Å². The van der Waals surface area contributed by atoms with E-state index in [2.05, 4.69) is 4.98 Å². The molecule has 1 heterocycles. The molecule has 0 fully saturated rings. The Labute approximate surface area is 75.3 Å². The highest BCUT2D eigenvalue weighted by molar-refractivity contribution is 5.99. The molecule has 0 aliphatic rings. The summed E-state index contributed by atoms with van der Waals surface area (Å²) < 4.78 is 5.07. The fourth-order valence-corrected chi connectivity index (χ4v) is 1.44. The molecule has 66 valence electrons. The first-order valence-electron chi connectivity index (χ1n) is 3.96. The molecule has 3 heteroatoms. The number of aromatic nitrogens is 1. The average molecular weight is 175 g/mol. The SMILES string of the molecule is COc1ccc2[nH]ccc2c1C=O. The zero-order chi connectivity index (χ0) is 9.26. The topological polar surface area (TPSA) is 42.1 Å². The van der Waals surface area contributed by atoms with Gasteiger partial charge in [0.25, 0.3) is 0 Å². The van der Waals surface area contributed by atoms with Gasteiger partial charge >= 0.3 is 0 Å². The Morgan fingerprint density at radius 1 is 1.38 bits per heavy atom. The molecule has 2 aromatic rings. The number of hydrogen-bond acceptors (Lipinski definition) is 2. The Kier molecular flexibility index (Phi) is 1.77. The minimum atomic E-state index is 0.598. The number of aldehydes is 1. The van der Waals surface area contributed by atoms with Gasteiger partial charge in [-0.2, -0.15) is 0 Å². The van der Waals surface area contributed by atoms with Crippen LogP contribution < -0.4 is 4.74 Å². The maximum atomic E-state index is 10.8. The van der Waals surface area contributed by atoms with Crippen LogP contribution in [0.1, 0.15) is 10.4 Å². The summed E-state index contributed by atoms with van der Waals surface area (Å²) in [6.07, 6.45) is 2.62. The van der Waals surface area contributed by atoms with Crippen molar-refractivity contribution in [3.8, 4) is 5.75 Å². The van der Waals surface area contributed by atoms with Crippen LogP contribution in [0.5, 0.6) is 5.75 Å². The van der Waals surface area contributed by atoms with E-state index < -0.39 is 0 Å². The number of hydrogen-bond donors (Lipinski definition) is 1. The molecule has 0 saturated carbocycles. The lowest BCUT2D eigenvalue weighted by Crippen LogP contribution is -1.90. The number of fused-ring (bicyclic) bond motifs is 1. The van der Waals surface area contributed by atoms with Gasteiger partial charge in [-0.3, -0.25) is 4.79 Å². The molecular weight excluding hydrogens is 166 g/mol. The largest absolute Gasteiger partial charge is 0.496 e. The van der Waals surface area contributed by atoms with Crippen molar-refractivity contribution in [3.05, 3.63) is 30.0 Å². The number of H-pyrrole nitrogens is 1. The van der Waals surface area contributed by atoms with Crippen LogP contribution in [0.15, 0.2) is 24.4 Å². The van der Waals surface area contributed by atoms with E-state index in [1.807, 2.05) is 12.1 Å². The molecule has 1 N–H and O–H groups in total. The van der Waals surface area contributed by atoms with Crippen molar-refractivity contribution in [2.24, 2.45) is 0 Å². The highest BCUT2D eigenvalue weighted by Gasteiger charge is 2.06. The number of nitrogens with one attached hydrogen (secondary N) is 1. The zero-order valence-corrected chi connectivity index (χ0v) is 7.20. The molecule has 0 unspecified atom stereocenters. The van der Waals surface area contributed by atoms with Crippen LogP contribution in [0, 0.1) is 0 Å². The lowest BCUT2D eigenvalue weighted by atomic mass is 10.1. The lowest BCUT2D eigenvalue weighted by molar-refractivity contribution is 0.112. The minimum Gasteiger partial charge on any atom is -0.496 e. The number of aromatic amines is 1. The van der Waals surface area contributed by atoms with E-state index in [0.29, 0.717) is 11.3 Å². The van der Waals surface area contributed by atoms with E-state index in [-0.39, 0.29) is 0 Å². The summed E-state index contributed by atoms with van der Waals surface area (Å²) >= 11 is 0. The fourth-order valence-electron chi connectivity index (χ4n) is 1.44. The molecule has 0 bridgehead atoms. The van der Waals surface area contributed by atoms with Gasteiger partial charge in [-0.15, -0.1) is 0 Å². The van der Waals surface area contributed by atoms with Gasteiger partial charge < -0.3 is 9.72 Å². The molecule has 1 aromatic heterocycles. The molecule has 0 atom stereocenters. The lowest BCUT2D eigenvalue weighted by Gasteiger charge is -2.03. The monoisotopic (exact) mass is 175 g/mol. The van der Waals surface area contributed by atoms with Crippen molar-refractivity contribution in [3.63, 3.8) is 0 Å². The average Bonchev–Trinajstić information content (AvgIpc) is 2.63. The summed E-state index contributed by atoms with van der Waals surface area (Å²) in [7, 11) is 1.56. The maximum Gasteiger partial charge on any atom is 0.154 e. The molecule has 0 aliphatic carbocycles. The second-order valence-electron chi connectivity index (χ2n) is 2.74. The van der Waals surface area contributed by atoms with Crippen LogP contribution in [0.4, 0.5) is 0 Å². The molecule has 3 nitrogen and oxygen atoms in total. The number of methoxy groups -OCH3 is 1. The van der Waals surface area contributed by atoms with E-state index >= 15 is 0 Å². The summed E-state index contributed by atoms with van der Waals surface area (Å²) in [4.78, 5) is 13.8. The van der Waals surface area contributed by atoms with Crippen molar-refractivity contribution in [1.29, 1.82) is 0 Å². The zero-order valence-electron chi connectivity index (χ0n) is 7.20. The normalized spacial score (nSPS) is 10.2. The van der Waals surface area contributed by atoms with Gasteiger partial charge in [0.2, 0.25) is 0 Å². The van der Waals surface area contributed by atoms with E-state index in [9.17, 15) is 4.79 Å². The maximum absolute atomic E-state index is 10.8. The van der Waals surface area contributed by atoms with E-state index in [4.69, 9.17) is 4.74 Å². The molecule has 0 aliphatic heterocycles. The third-order valence-corrected chi connectivity index (χ3v) is 2.07. The standard InChI is InChI=1S/C10H9NO2/c1-13-10-3-2-9-7(4-5-11-9)8(10)6-12/h2-6,11H,1H3. The molecule has 1 aromatic carbocycles. The molecule has 0 radical (unpaired) electrons. The first-order valence-corrected chi connectivity index (χ1v) is 3.96. The summed E-state index contributed by atoms with van der Waals surface area (Å²) in [6.45, 7) is 0. The third-order valence-electron chi connectivity index (χ3n) is 2.07. The minimum absolute atomic E-state index is 0.598. The number of carbonyl (C=O) groups excluding carboxylic acids is 1. The van der Waals surface area contributed by atoms with Crippen molar-refractivity contribution in [2.45, 2.75) is 0 Å². The Morgan fingerprint density at radius 3 is 2.92 bits per heavy atom. The second-order valence-corrected chi connectivity index (χ2v) is 2.74. The fraction of sp³-hybridized carbons (Fsp3) is 0.100. The van der Waals surface area contributed by atoms with E-state index in [0.717, 1.165) is 17.2 Å². The Morgan fingerprint density at radius 2 is 2.23 bits per heavy atom. The number of ether oxygens (including phenoxy) is 1. The second kappa shape index (κ2) is 2.94. The smallest absolute Gasteiger partial charge is 0.154 e. The summed E-state index contributed by atoms with van der Waals surface area (Å²) in [5.74, 6) is 0.613. The van der Waals surface area contributed by atoms with Crippen molar-refractivity contribution < 1.29 is 9.53 Å². The summed E-state index contributed by atoms with van der Waals surface area (Å²) in [6, 6.07) is 5.53. The first kappa shape index (κ1) is 7.86. The van der Waals surface area contributed by atoms with Gasteiger partial charge in [0, 0.05) is 17.1 Å². The van der Waals surface area contributed by atoms with Crippen LogP contribution in [0.3, 0.4) is 0 Å². The van der Waals surface area contributed by atoms with Gasteiger partial charge in [-0.1, -0.05) is 0 Å². The Hall–Kier alpha value is -1.77. The quantitative estimate of drug-likeness (QED) is 0.709. The predicted molar refractivity (Wildman–Crippen MR) is 50.2 cm³/mol. The van der Waals surface area contributed by atoms with Crippen LogP contribution in [0.2, 0.25) is 0 Å². The van der Waals surface area contributed by atoms with Gasteiger partial charge in [-0.25, -0.2) is 0 Å². The highest BCUT2D eigenvalue weighted by Crippen LogP contribution is 2.25. The molecule has 0 saturated heterocycles. The van der Waals surface area contributed by atoms with Crippen LogP contribution >= 0.6 is 0 Å². The predicted octanol–water partition coefficient (Wildman–Crippen LogP) is 1.99. The third kappa shape index (κ3) is 1.09. The van der Waals surface area contributed by atoms with Gasteiger partial charge in [0.1, 0.15) is 5.75 Å². The number of carbonyl (C=O) groups is 1. The highest BCUT2D eigenvalue weighted by atomic mass is 16.5. The van der Waals surface area contributed by atoms with Crippen molar-refractivity contribution >= 4 is 17.2 Å². The van der Waals surface area contributed by atoms with Crippen molar-refractivity contribution in [1.82, 2.24) is 4.98 Å². The molecule has 0 amide bonds.